The summed E-state index contributed by atoms with van der Waals surface area (Å²) in [6.07, 6.45) is 1.73. The van der Waals surface area contributed by atoms with E-state index in [4.69, 9.17) is 11.5 Å². The van der Waals surface area contributed by atoms with Gasteiger partial charge in [0.25, 0.3) is 5.69 Å². The van der Waals surface area contributed by atoms with Crippen LogP contribution in [0, 0.1) is 10.1 Å². The molecule has 1 aromatic heterocycles. The Kier molecular flexibility index (Phi) is 13.9. The van der Waals surface area contributed by atoms with Gasteiger partial charge in [0.1, 0.15) is 12.1 Å². The lowest BCUT2D eigenvalue weighted by Crippen LogP contribution is -2.57. The SMILES string of the molecule is NC(N)=NCCC[C@H](NC(=O)[C@H](Cc1ccc([N+](=O)[O-])cc1)NC(=O)[C@@H](Cc1ccccc1)NS(=O)(=O)Cc1ccccc1)C(=O)c1nccs1. The van der Waals surface area contributed by atoms with Crippen LogP contribution in [-0.4, -0.2) is 66.6 Å². The van der Waals surface area contributed by atoms with Crippen molar-refractivity contribution in [1.29, 1.82) is 0 Å². The number of nitrogens with zero attached hydrogens (tertiary/aromatic N) is 3. The van der Waals surface area contributed by atoms with Crippen molar-refractivity contribution in [1.82, 2.24) is 20.3 Å². The number of nitrogens with two attached hydrogens (primary N) is 2. The lowest BCUT2D eigenvalue weighted by Gasteiger charge is -2.25. The van der Waals surface area contributed by atoms with E-state index in [-0.39, 0.29) is 48.2 Å². The van der Waals surface area contributed by atoms with E-state index < -0.39 is 50.7 Å². The number of non-ortho nitro benzene ring substituents is 1. The molecular weight excluding hydrogens is 697 g/mol. The fraction of sp³-hybridized carbons (Fsp3) is 0.265. The largest absolute Gasteiger partial charge is 0.370 e. The number of aromatic nitrogens is 1. The number of nitro benzene ring substituents is 1. The molecule has 7 N–H and O–H groups in total. The van der Waals surface area contributed by atoms with Gasteiger partial charge in [-0.3, -0.25) is 29.5 Å². The second-order valence-electron chi connectivity index (χ2n) is 11.5. The van der Waals surface area contributed by atoms with E-state index >= 15 is 0 Å². The Hall–Kier alpha value is -5.52. The third-order valence-corrected chi connectivity index (χ3v) is 9.71. The molecule has 3 atom stereocenters. The summed E-state index contributed by atoms with van der Waals surface area (Å²) in [5.74, 6) is -2.52. The van der Waals surface area contributed by atoms with E-state index in [1.807, 2.05) is 0 Å². The van der Waals surface area contributed by atoms with Gasteiger partial charge in [-0.2, -0.15) is 0 Å². The van der Waals surface area contributed by atoms with Gasteiger partial charge in [-0.15, -0.1) is 11.3 Å². The number of hydrogen-bond acceptors (Lipinski definition) is 10. The summed E-state index contributed by atoms with van der Waals surface area (Å²) in [5.41, 5.74) is 12.3. The Morgan fingerprint density at radius 2 is 1.39 bits per heavy atom. The summed E-state index contributed by atoms with van der Waals surface area (Å²) >= 11 is 1.10. The maximum Gasteiger partial charge on any atom is 0.269 e. The zero-order valence-electron chi connectivity index (χ0n) is 27.4. The van der Waals surface area contributed by atoms with Crippen LogP contribution in [0.3, 0.4) is 0 Å². The molecule has 1 heterocycles. The van der Waals surface area contributed by atoms with Crippen molar-refractivity contribution in [3.05, 3.63) is 128 Å². The predicted molar refractivity (Wildman–Crippen MR) is 193 cm³/mol. The average Bonchev–Trinajstić information content (AvgIpc) is 3.65. The molecule has 0 saturated carbocycles. The van der Waals surface area contributed by atoms with E-state index in [1.54, 1.807) is 66.0 Å². The highest BCUT2D eigenvalue weighted by Gasteiger charge is 2.32. The fourth-order valence-electron chi connectivity index (χ4n) is 5.10. The van der Waals surface area contributed by atoms with Crippen LogP contribution in [0.1, 0.15) is 39.3 Å². The van der Waals surface area contributed by atoms with E-state index in [9.17, 15) is 32.9 Å². The number of sulfonamides is 1. The number of rotatable bonds is 19. The number of guanidine groups is 1. The average molecular weight is 735 g/mol. The normalized spacial score (nSPS) is 12.9. The standard InChI is InChI=1S/C34H38N8O7S2/c35-34(36)38-17-7-12-27(30(43)33-37-18-19-50-33)39-31(44)28(20-24-13-15-26(16-14-24)42(46)47)40-32(45)29(21-23-8-3-1-4-9-23)41-51(48,49)22-25-10-5-2-6-11-25/h1-6,8-11,13-16,18-19,27-29,41H,7,12,17,20-22H2,(H,39,44)(H,40,45)(H4,35,36,38)/t27-,28-,29+/m0/s1. The van der Waals surface area contributed by atoms with Gasteiger partial charge in [-0.05, 0) is 36.0 Å². The highest BCUT2D eigenvalue weighted by atomic mass is 32.2. The molecule has 0 bridgehead atoms. The molecule has 0 fully saturated rings. The Morgan fingerprint density at radius 1 is 0.824 bits per heavy atom. The van der Waals surface area contributed by atoms with Gasteiger partial charge in [0.05, 0.1) is 16.7 Å². The van der Waals surface area contributed by atoms with Gasteiger partial charge < -0.3 is 22.1 Å². The van der Waals surface area contributed by atoms with Crippen LogP contribution >= 0.6 is 11.3 Å². The van der Waals surface area contributed by atoms with Gasteiger partial charge >= 0.3 is 0 Å². The van der Waals surface area contributed by atoms with Crippen LogP contribution in [0.5, 0.6) is 0 Å². The number of carbonyl (C=O) groups is 3. The van der Waals surface area contributed by atoms with Crippen LogP contribution in [0.25, 0.3) is 0 Å². The highest BCUT2D eigenvalue weighted by molar-refractivity contribution is 7.88. The lowest BCUT2D eigenvalue weighted by atomic mass is 10.0. The number of thiazole rings is 1. The first kappa shape index (κ1) is 38.3. The van der Waals surface area contributed by atoms with Gasteiger partial charge in [0.15, 0.2) is 11.0 Å². The van der Waals surface area contributed by atoms with Crippen LogP contribution in [0.15, 0.2) is 101 Å². The summed E-state index contributed by atoms with van der Waals surface area (Å²) in [4.78, 5) is 60.1. The van der Waals surface area contributed by atoms with Gasteiger partial charge in [0, 0.05) is 36.7 Å². The molecule has 0 saturated heterocycles. The molecule has 268 valence electrons. The highest BCUT2D eigenvalue weighted by Crippen LogP contribution is 2.16. The summed E-state index contributed by atoms with van der Waals surface area (Å²) in [6, 6.07) is 18.9. The first-order valence-electron chi connectivity index (χ1n) is 15.8. The maximum absolute atomic E-state index is 14.0. The molecule has 17 heteroatoms. The molecule has 0 spiro atoms. The molecule has 0 aliphatic heterocycles. The van der Waals surface area contributed by atoms with E-state index in [2.05, 4.69) is 25.3 Å². The minimum absolute atomic E-state index is 0.0392. The van der Waals surface area contributed by atoms with Crippen molar-refractivity contribution in [3.63, 3.8) is 0 Å². The molecular formula is C34H38N8O7S2. The minimum atomic E-state index is -4.06. The molecule has 3 aromatic carbocycles. The first-order chi connectivity index (χ1) is 24.4. The minimum Gasteiger partial charge on any atom is -0.370 e. The Balaban J connectivity index is 1.62. The van der Waals surface area contributed by atoms with Gasteiger partial charge in [-0.1, -0.05) is 72.8 Å². The number of carbonyl (C=O) groups excluding carboxylic acids is 3. The smallest absolute Gasteiger partial charge is 0.269 e. The van der Waals surface area contributed by atoms with Crippen molar-refractivity contribution < 1.29 is 27.7 Å². The number of Topliss-reactive ketones (excluding diaryl/α,β-unsaturated/α-hetero) is 1. The van der Waals surface area contributed by atoms with Crippen molar-refractivity contribution in [2.75, 3.05) is 6.54 Å². The summed E-state index contributed by atoms with van der Waals surface area (Å²) in [5, 5.41) is 18.4. The second kappa shape index (κ2) is 18.5. The summed E-state index contributed by atoms with van der Waals surface area (Å²) in [6.45, 7) is 0.188. The Bertz CT molecular complexity index is 1900. The molecule has 0 radical (unpaired) electrons. The number of ketones is 1. The van der Waals surface area contributed by atoms with Gasteiger partial charge in [-0.25, -0.2) is 18.1 Å². The predicted octanol–water partition coefficient (Wildman–Crippen LogP) is 2.23. The maximum atomic E-state index is 14.0. The third kappa shape index (κ3) is 12.4. The van der Waals surface area contributed by atoms with Crippen LogP contribution in [-0.2, 0) is 38.2 Å². The lowest BCUT2D eigenvalue weighted by molar-refractivity contribution is -0.384. The molecule has 0 aliphatic carbocycles. The van der Waals surface area contributed by atoms with Crippen molar-refractivity contribution in [2.24, 2.45) is 16.5 Å². The van der Waals surface area contributed by atoms with Crippen LogP contribution in [0.2, 0.25) is 0 Å². The van der Waals surface area contributed by atoms with Crippen LogP contribution in [0.4, 0.5) is 5.69 Å². The van der Waals surface area contributed by atoms with E-state index in [0.29, 0.717) is 23.1 Å². The van der Waals surface area contributed by atoms with Crippen molar-refractivity contribution >= 4 is 50.6 Å². The summed E-state index contributed by atoms with van der Waals surface area (Å²) < 4.78 is 29.1. The summed E-state index contributed by atoms with van der Waals surface area (Å²) in [7, 11) is -4.06. The van der Waals surface area contributed by atoms with Crippen molar-refractivity contribution in [3.8, 4) is 0 Å². The molecule has 4 aromatic rings. The molecule has 0 unspecified atom stereocenters. The monoisotopic (exact) mass is 734 g/mol. The van der Waals surface area contributed by atoms with E-state index in [0.717, 1.165) is 11.3 Å². The first-order valence-corrected chi connectivity index (χ1v) is 18.3. The zero-order valence-corrected chi connectivity index (χ0v) is 29.0. The van der Waals surface area contributed by atoms with E-state index in [1.165, 1.54) is 30.5 Å². The topological polar surface area (TPSA) is 242 Å². The van der Waals surface area contributed by atoms with Gasteiger partial charge in [0.2, 0.25) is 27.6 Å². The number of nitrogens with one attached hydrogen (secondary N) is 3. The quantitative estimate of drug-likeness (QED) is 0.0235. The molecule has 2 amide bonds. The fourth-order valence-corrected chi connectivity index (χ4v) is 7.07. The van der Waals surface area contributed by atoms with Crippen LogP contribution < -0.4 is 26.8 Å². The number of hydrogen-bond donors (Lipinski definition) is 5. The molecule has 4 rings (SSSR count). The molecule has 0 aliphatic rings. The number of nitro groups is 1. The molecule has 15 nitrogen and oxygen atoms in total. The number of amides is 2. The second-order valence-corrected chi connectivity index (χ2v) is 14.2. The number of aliphatic imine (C=N–C) groups is 1. The number of benzene rings is 3. The molecule has 51 heavy (non-hydrogen) atoms. The Morgan fingerprint density at radius 3 is 1.98 bits per heavy atom. The zero-order chi connectivity index (χ0) is 36.8. The Labute approximate surface area is 298 Å². The third-order valence-electron chi connectivity index (χ3n) is 7.56. The van der Waals surface area contributed by atoms with Crippen molar-refractivity contribution in [2.45, 2.75) is 49.6 Å².